The first kappa shape index (κ1) is 16.2. The standard InChI is InChI=1S/C24H22N2/c1-3-9-22-18(2)26(24-13-8-7-12-23(22)24)21-16-14-20(15-17-21)25-19-10-5-4-6-11-19/h3-17,25H,1-2H3/b9-3-. The minimum Gasteiger partial charge on any atom is -0.356 e. The van der Waals surface area contributed by atoms with E-state index in [2.05, 4.69) is 96.5 Å². The maximum atomic E-state index is 3.44. The van der Waals surface area contributed by atoms with Crippen molar-refractivity contribution in [2.24, 2.45) is 0 Å². The number of nitrogens with zero attached hydrogens (tertiary/aromatic N) is 1. The van der Waals surface area contributed by atoms with Crippen LogP contribution in [0.3, 0.4) is 0 Å². The SMILES string of the molecule is C/C=C\c1c(C)n(-c2ccc(Nc3ccccc3)cc2)c2ccccc12. The summed E-state index contributed by atoms with van der Waals surface area (Å²) in [5.74, 6) is 0. The Morgan fingerprint density at radius 2 is 1.42 bits per heavy atom. The molecule has 0 fully saturated rings. The summed E-state index contributed by atoms with van der Waals surface area (Å²) in [7, 11) is 0. The third-order valence-electron chi connectivity index (χ3n) is 4.68. The molecule has 0 unspecified atom stereocenters. The third-order valence-corrected chi connectivity index (χ3v) is 4.68. The van der Waals surface area contributed by atoms with Gasteiger partial charge in [-0.15, -0.1) is 0 Å². The molecule has 0 radical (unpaired) electrons. The van der Waals surface area contributed by atoms with Gasteiger partial charge in [0.1, 0.15) is 0 Å². The summed E-state index contributed by atoms with van der Waals surface area (Å²) in [4.78, 5) is 0. The third kappa shape index (κ3) is 2.91. The van der Waals surface area contributed by atoms with Crippen molar-refractivity contribution in [1.29, 1.82) is 0 Å². The van der Waals surface area contributed by atoms with E-state index in [1.54, 1.807) is 0 Å². The first-order chi connectivity index (χ1) is 12.8. The van der Waals surface area contributed by atoms with E-state index in [1.807, 2.05) is 18.2 Å². The van der Waals surface area contributed by atoms with Gasteiger partial charge in [0.15, 0.2) is 0 Å². The van der Waals surface area contributed by atoms with Gasteiger partial charge < -0.3 is 9.88 Å². The smallest absolute Gasteiger partial charge is 0.0537 e. The molecule has 0 aliphatic carbocycles. The molecule has 0 atom stereocenters. The number of hydrogen-bond acceptors (Lipinski definition) is 1. The summed E-state index contributed by atoms with van der Waals surface area (Å²) in [5, 5.41) is 4.73. The van der Waals surface area contributed by atoms with E-state index in [0.717, 1.165) is 11.4 Å². The molecule has 0 saturated heterocycles. The largest absolute Gasteiger partial charge is 0.356 e. The Balaban J connectivity index is 1.75. The average molecular weight is 338 g/mol. The molecule has 4 rings (SSSR count). The van der Waals surface area contributed by atoms with Gasteiger partial charge in [-0.2, -0.15) is 0 Å². The maximum absolute atomic E-state index is 3.44. The number of anilines is 2. The highest BCUT2D eigenvalue weighted by Crippen LogP contribution is 2.30. The van der Waals surface area contributed by atoms with Crippen molar-refractivity contribution >= 4 is 28.4 Å². The molecule has 3 aromatic carbocycles. The van der Waals surface area contributed by atoms with Gasteiger partial charge >= 0.3 is 0 Å². The van der Waals surface area contributed by atoms with Crippen LogP contribution < -0.4 is 5.32 Å². The lowest BCUT2D eigenvalue weighted by molar-refractivity contribution is 1.05. The number of para-hydroxylation sites is 2. The summed E-state index contributed by atoms with van der Waals surface area (Å²) in [6.07, 6.45) is 4.30. The van der Waals surface area contributed by atoms with Gasteiger partial charge in [0, 0.05) is 33.7 Å². The summed E-state index contributed by atoms with van der Waals surface area (Å²) in [6.45, 7) is 4.25. The van der Waals surface area contributed by atoms with E-state index in [-0.39, 0.29) is 0 Å². The molecule has 0 aliphatic rings. The fraction of sp³-hybridized carbons (Fsp3) is 0.0833. The monoisotopic (exact) mass is 338 g/mol. The summed E-state index contributed by atoms with van der Waals surface area (Å²) in [5.41, 5.74) is 7.14. The molecule has 128 valence electrons. The second-order valence-electron chi connectivity index (χ2n) is 6.39. The summed E-state index contributed by atoms with van der Waals surface area (Å²) in [6, 6.07) is 27.4. The van der Waals surface area contributed by atoms with Crippen LogP contribution in [0.4, 0.5) is 11.4 Å². The molecule has 4 aromatic rings. The van der Waals surface area contributed by atoms with E-state index in [4.69, 9.17) is 0 Å². The molecule has 1 N–H and O–H groups in total. The van der Waals surface area contributed by atoms with Crippen LogP contribution >= 0.6 is 0 Å². The second-order valence-corrected chi connectivity index (χ2v) is 6.39. The van der Waals surface area contributed by atoms with E-state index < -0.39 is 0 Å². The number of nitrogens with one attached hydrogen (secondary N) is 1. The first-order valence-corrected chi connectivity index (χ1v) is 8.93. The van der Waals surface area contributed by atoms with Gasteiger partial charge in [0.05, 0.1) is 5.52 Å². The normalized spacial score (nSPS) is 11.3. The molecule has 1 aromatic heterocycles. The van der Waals surface area contributed by atoms with Gasteiger partial charge in [0.2, 0.25) is 0 Å². The fourth-order valence-corrected chi connectivity index (χ4v) is 3.48. The molecule has 2 nitrogen and oxygen atoms in total. The molecule has 0 amide bonds. The predicted octanol–water partition coefficient (Wildman–Crippen LogP) is 6.72. The zero-order chi connectivity index (χ0) is 17.9. The number of allylic oxidation sites excluding steroid dienone is 1. The van der Waals surface area contributed by atoms with Crippen LogP contribution in [0.1, 0.15) is 18.2 Å². The molecule has 0 spiro atoms. The van der Waals surface area contributed by atoms with Crippen LogP contribution in [0.2, 0.25) is 0 Å². The zero-order valence-electron chi connectivity index (χ0n) is 15.1. The van der Waals surface area contributed by atoms with E-state index in [1.165, 1.54) is 27.8 Å². The Morgan fingerprint density at radius 3 is 2.15 bits per heavy atom. The van der Waals surface area contributed by atoms with Crippen LogP contribution in [0.25, 0.3) is 22.7 Å². The molecule has 0 saturated carbocycles. The van der Waals surface area contributed by atoms with Crippen LogP contribution in [0.15, 0.2) is 84.9 Å². The molecular weight excluding hydrogens is 316 g/mol. The van der Waals surface area contributed by atoms with Crippen molar-refractivity contribution in [2.45, 2.75) is 13.8 Å². The lowest BCUT2D eigenvalue weighted by atomic mass is 10.1. The highest BCUT2D eigenvalue weighted by Gasteiger charge is 2.12. The van der Waals surface area contributed by atoms with E-state index in [9.17, 15) is 0 Å². The Bertz CT molecular complexity index is 1050. The number of benzene rings is 3. The predicted molar refractivity (Wildman–Crippen MR) is 112 cm³/mol. The van der Waals surface area contributed by atoms with Crippen molar-refractivity contribution in [3.05, 3.63) is 96.2 Å². The van der Waals surface area contributed by atoms with Crippen LogP contribution in [0, 0.1) is 6.92 Å². The Hall–Kier alpha value is -3.26. The lowest BCUT2D eigenvalue weighted by Gasteiger charge is -2.11. The van der Waals surface area contributed by atoms with Gasteiger partial charge in [0.25, 0.3) is 0 Å². The molecule has 2 heteroatoms. The summed E-state index contributed by atoms with van der Waals surface area (Å²) >= 11 is 0. The minimum absolute atomic E-state index is 1.09. The van der Waals surface area contributed by atoms with Crippen molar-refractivity contribution in [3.8, 4) is 5.69 Å². The molecule has 1 heterocycles. The highest BCUT2D eigenvalue weighted by atomic mass is 15.0. The zero-order valence-corrected chi connectivity index (χ0v) is 15.1. The Labute approximate surface area is 154 Å². The topological polar surface area (TPSA) is 17.0 Å². The Kier molecular flexibility index (Phi) is 4.32. The number of hydrogen-bond donors (Lipinski definition) is 1. The van der Waals surface area contributed by atoms with Crippen LogP contribution in [-0.4, -0.2) is 4.57 Å². The van der Waals surface area contributed by atoms with Crippen molar-refractivity contribution in [1.82, 2.24) is 4.57 Å². The van der Waals surface area contributed by atoms with E-state index in [0.29, 0.717) is 0 Å². The fourth-order valence-electron chi connectivity index (χ4n) is 3.48. The molecule has 0 bridgehead atoms. The average Bonchev–Trinajstić information content (AvgIpc) is 2.96. The highest BCUT2D eigenvalue weighted by molar-refractivity contribution is 5.92. The van der Waals surface area contributed by atoms with Crippen LogP contribution in [0.5, 0.6) is 0 Å². The summed E-state index contributed by atoms with van der Waals surface area (Å²) < 4.78 is 2.33. The van der Waals surface area contributed by atoms with Crippen LogP contribution in [-0.2, 0) is 0 Å². The van der Waals surface area contributed by atoms with Gasteiger partial charge in [-0.3, -0.25) is 0 Å². The number of fused-ring (bicyclic) bond motifs is 1. The van der Waals surface area contributed by atoms with Crippen molar-refractivity contribution in [2.75, 3.05) is 5.32 Å². The van der Waals surface area contributed by atoms with E-state index >= 15 is 0 Å². The lowest BCUT2D eigenvalue weighted by Crippen LogP contribution is -1.97. The number of rotatable bonds is 4. The maximum Gasteiger partial charge on any atom is 0.0537 e. The second kappa shape index (κ2) is 6.93. The minimum atomic E-state index is 1.09. The first-order valence-electron chi connectivity index (χ1n) is 8.93. The van der Waals surface area contributed by atoms with Crippen molar-refractivity contribution < 1.29 is 0 Å². The number of aromatic nitrogens is 1. The Morgan fingerprint density at radius 1 is 0.769 bits per heavy atom. The van der Waals surface area contributed by atoms with Gasteiger partial charge in [-0.05, 0) is 56.3 Å². The molecule has 26 heavy (non-hydrogen) atoms. The van der Waals surface area contributed by atoms with Gasteiger partial charge in [-0.1, -0.05) is 48.6 Å². The van der Waals surface area contributed by atoms with Crippen molar-refractivity contribution in [3.63, 3.8) is 0 Å². The molecular formula is C24H22N2. The van der Waals surface area contributed by atoms with Gasteiger partial charge in [-0.25, -0.2) is 0 Å². The molecule has 0 aliphatic heterocycles. The quantitative estimate of drug-likeness (QED) is 0.437.